The van der Waals surface area contributed by atoms with Crippen LogP contribution in [0.2, 0.25) is 0 Å². The van der Waals surface area contributed by atoms with E-state index >= 15 is 0 Å². The second-order valence-corrected chi connectivity index (χ2v) is 6.34. The molecule has 0 spiro atoms. The van der Waals surface area contributed by atoms with Crippen LogP contribution in [0.25, 0.3) is 0 Å². The van der Waals surface area contributed by atoms with E-state index < -0.39 is 0 Å². The van der Waals surface area contributed by atoms with Crippen LogP contribution in [-0.4, -0.2) is 12.8 Å². The van der Waals surface area contributed by atoms with Gasteiger partial charge in [-0.2, -0.15) is 0 Å². The smallest absolute Gasteiger partial charge is 0.0590 e. The number of rotatable bonds is 6. The Hall–Kier alpha value is -1.25. The maximum atomic E-state index is 3.73. The van der Waals surface area contributed by atoms with Gasteiger partial charge in [-0.05, 0) is 55.8 Å². The highest BCUT2D eigenvalue weighted by Gasteiger charge is 2.18. The average molecular weight is 299 g/mol. The van der Waals surface area contributed by atoms with E-state index in [4.69, 9.17) is 0 Å². The van der Waals surface area contributed by atoms with Gasteiger partial charge in [0.1, 0.15) is 0 Å². The first kappa shape index (κ1) is 16.1. The lowest BCUT2D eigenvalue weighted by molar-refractivity contribution is 0.589. The van der Waals surface area contributed by atoms with Gasteiger partial charge in [0.15, 0.2) is 0 Å². The minimum Gasteiger partial charge on any atom is -0.306 e. The van der Waals surface area contributed by atoms with Crippen LogP contribution >= 0.6 is 11.8 Å². The Morgan fingerprint density at radius 3 is 2.52 bits per heavy atom. The molecule has 0 heterocycles. The predicted molar refractivity (Wildman–Crippen MR) is 94.3 cm³/mol. The van der Waals surface area contributed by atoms with Crippen molar-refractivity contribution < 1.29 is 0 Å². The molecule has 2 aromatic rings. The summed E-state index contributed by atoms with van der Waals surface area (Å²) in [6.07, 6.45) is 3.29. The van der Waals surface area contributed by atoms with Crippen molar-refractivity contribution >= 4 is 11.8 Å². The van der Waals surface area contributed by atoms with Gasteiger partial charge in [-0.3, -0.25) is 0 Å². The summed E-state index contributed by atoms with van der Waals surface area (Å²) >= 11 is 1.82. The summed E-state index contributed by atoms with van der Waals surface area (Å²) in [4.78, 5) is 1.35. The van der Waals surface area contributed by atoms with Gasteiger partial charge in [-0.1, -0.05) is 48.9 Å². The summed E-state index contributed by atoms with van der Waals surface area (Å²) < 4.78 is 0. The molecule has 112 valence electrons. The molecule has 1 unspecified atom stereocenters. The number of aryl methyl sites for hydroxylation is 2. The maximum Gasteiger partial charge on any atom is 0.0590 e. The summed E-state index contributed by atoms with van der Waals surface area (Å²) in [5, 5.41) is 3.73. The Morgan fingerprint density at radius 2 is 1.81 bits per heavy atom. The minimum absolute atomic E-state index is 0.272. The van der Waals surface area contributed by atoms with E-state index in [-0.39, 0.29) is 6.04 Å². The fraction of sp³-hybridized carbons (Fsp3) is 0.368. The van der Waals surface area contributed by atoms with E-state index in [0.29, 0.717) is 0 Å². The third-order valence-electron chi connectivity index (χ3n) is 3.79. The van der Waals surface area contributed by atoms with Crippen LogP contribution in [-0.2, 0) is 0 Å². The number of hydrogen-bond donors (Lipinski definition) is 1. The third kappa shape index (κ3) is 3.90. The van der Waals surface area contributed by atoms with Gasteiger partial charge >= 0.3 is 0 Å². The van der Waals surface area contributed by atoms with E-state index in [2.05, 4.69) is 74.8 Å². The van der Waals surface area contributed by atoms with E-state index in [9.17, 15) is 0 Å². The number of nitrogens with one attached hydrogen (secondary N) is 1. The monoisotopic (exact) mass is 299 g/mol. The summed E-state index contributed by atoms with van der Waals surface area (Å²) in [6.45, 7) is 7.62. The minimum atomic E-state index is 0.272. The van der Waals surface area contributed by atoms with Crippen LogP contribution < -0.4 is 5.32 Å². The number of hydrogen-bond acceptors (Lipinski definition) is 2. The van der Waals surface area contributed by atoms with Gasteiger partial charge < -0.3 is 5.32 Å². The molecule has 0 radical (unpaired) electrons. The molecule has 2 rings (SSSR count). The Kier molecular flexibility index (Phi) is 5.89. The fourth-order valence-electron chi connectivity index (χ4n) is 2.65. The Labute approximate surface area is 133 Å². The zero-order valence-corrected chi connectivity index (χ0v) is 14.3. The van der Waals surface area contributed by atoms with E-state index in [1.807, 2.05) is 11.8 Å². The Balaban J connectivity index is 2.49. The number of thioether (sulfide) groups is 1. The summed E-state index contributed by atoms with van der Waals surface area (Å²) in [6, 6.07) is 15.7. The first-order chi connectivity index (χ1) is 10.2. The molecule has 21 heavy (non-hydrogen) atoms. The average Bonchev–Trinajstić information content (AvgIpc) is 2.51. The SMILES string of the molecule is CCCNC(c1cc(C)ccc1C)c1ccccc1SC. The summed E-state index contributed by atoms with van der Waals surface area (Å²) in [5.41, 5.74) is 5.45. The van der Waals surface area contributed by atoms with Gasteiger partial charge in [-0.15, -0.1) is 11.8 Å². The zero-order valence-electron chi connectivity index (χ0n) is 13.4. The van der Waals surface area contributed by atoms with Crippen molar-refractivity contribution in [2.45, 2.75) is 38.1 Å². The van der Waals surface area contributed by atoms with Crippen molar-refractivity contribution in [2.24, 2.45) is 0 Å². The molecular formula is C19H25NS. The van der Waals surface area contributed by atoms with Crippen LogP contribution in [0.3, 0.4) is 0 Å². The molecule has 2 heteroatoms. The van der Waals surface area contributed by atoms with E-state index in [1.165, 1.54) is 27.1 Å². The highest BCUT2D eigenvalue weighted by atomic mass is 32.2. The summed E-state index contributed by atoms with van der Waals surface area (Å²) in [7, 11) is 0. The Morgan fingerprint density at radius 1 is 1.05 bits per heavy atom. The first-order valence-electron chi connectivity index (χ1n) is 7.60. The van der Waals surface area contributed by atoms with Gasteiger partial charge in [-0.25, -0.2) is 0 Å². The van der Waals surface area contributed by atoms with Crippen LogP contribution in [0.1, 0.15) is 41.6 Å². The molecular weight excluding hydrogens is 274 g/mol. The Bertz CT molecular complexity index is 592. The molecule has 0 aromatic heterocycles. The van der Waals surface area contributed by atoms with Crippen molar-refractivity contribution in [3.63, 3.8) is 0 Å². The standard InChI is InChI=1S/C19H25NS/c1-5-12-20-19(16-8-6-7-9-18(16)21-4)17-13-14(2)10-11-15(17)3/h6-11,13,19-20H,5,12H2,1-4H3. The first-order valence-corrected chi connectivity index (χ1v) is 8.83. The lowest BCUT2D eigenvalue weighted by Gasteiger charge is -2.24. The second-order valence-electron chi connectivity index (χ2n) is 5.49. The van der Waals surface area contributed by atoms with Crippen molar-refractivity contribution in [3.8, 4) is 0 Å². The van der Waals surface area contributed by atoms with Crippen LogP contribution in [0, 0.1) is 13.8 Å². The molecule has 0 aliphatic rings. The summed E-state index contributed by atoms with van der Waals surface area (Å²) in [5.74, 6) is 0. The highest BCUT2D eigenvalue weighted by molar-refractivity contribution is 7.98. The largest absolute Gasteiger partial charge is 0.306 e. The molecule has 1 atom stereocenters. The third-order valence-corrected chi connectivity index (χ3v) is 4.61. The normalized spacial score (nSPS) is 12.4. The number of benzene rings is 2. The van der Waals surface area contributed by atoms with Crippen molar-refractivity contribution in [3.05, 3.63) is 64.7 Å². The van der Waals surface area contributed by atoms with Gasteiger partial charge in [0.25, 0.3) is 0 Å². The van der Waals surface area contributed by atoms with Crippen molar-refractivity contribution in [2.75, 3.05) is 12.8 Å². The molecule has 0 aliphatic carbocycles. The van der Waals surface area contributed by atoms with Gasteiger partial charge in [0, 0.05) is 4.90 Å². The maximum absolute atomic E-state index is 3.73. The fourth-order valence-corrected chi connectivity index (χ4v) is 3.29. The van der Waals surface area contributed by atoms with Crippen molar-refractivity contribution in [1.29, 1.82) is 0 Å². The molecule has 0 amide bonds. The van der Waals surface area contributed by atoms with Crippen LogP contribution in [0.15, 0.2) is 47.4 Å². The predicted octanol–water partition coefficient (Wildman–Crippen LogP) is 5.11. The van der Waals surface area contributed by atoms with Crippen LogP contribution in [0.4, 0.5) is 0 Å². The molecule has 0 saturated carbocycles. The molecule has 1 nitrogen and oxygen atoms in total. The zero-order chi connectivity index (χ0) is 15.2. The van der Waals surface area contributed by atoms with Crippen LogP contribution in [0.5, 0.6) is 0 Å². The molecule has 0 aliphatic heterocycles. The molecule has 0 bridgehead atoms. The lowest BCUT2D eigenvalue weighted by Crippen LogP contribution is -2.24. The molecule has 0 saturated heterocycles. The van der Waals surface area contributed by atoms with Gasteiger partial charge in [0.05, 0.1) is 6.04 Å². The molecule has 1 N–H and O–H groups in total. The molecule has 0 fully saturated rings. The lowest BCUT2D eigenvalue weighted by atomic mass is 9.93. The van der Waals surface area contributed by atoms with Gasteiger partial charge in [0.2, 0.25) is 0 Å². The molecule has 2 aromatic carbocycles. The van der Waals surface area contributed by atoms with Crippen molar-refractivity contribution in [1.82, 2.24) is 5.32 Å². The topological polar surface area (TPSA) is 12.0 Å². The second kappa shape index (κ2) is 7.67. The van der Waals surface area contributed by atoms with E-state index in [0.717, 1.165) is 13.0 Å². The highest BCUT2D eigenvalue weighted by Crippen LogP contribution is 2.32. The van der Waals surface area contributed by atoms with E-state index in [1.54, 1.807) is 0 Å². The quantitative estimate of drug-likeness (QED) is 0.743.